The van der Waals surface area contributed by atoms with E-state index in [0.29, 0.717) is 62.7 Å². The molecular weight excluding hydrogens is 1700 g/mol. The number of ether oxygens (including phenoxy) is 5. The summed E-state index contributed by atoms with van der Waals surface area (Å²) in [7, 11) is -16.6. The molecule has 7 N–H and O–H groups in total. The van der Waals surface area contributed by atoms with Gasteiger partial charge in [-0.1, -0.05) is 78.2 Å². The average molecular weight is 1780 g/mol. The number of rotatable bonds is 16. The molecule has 42 heteroatoms. The monoisotopic (exact) mass is 1780 g/mol. The van der Waals surface area contributed by atoms with Gasteiger partial charge in [0.15, 0.2) is 0 Å². The van der Waals surface area contributed by atoms with Crippen molar-refractivity contribution in [3.05, 3.63) is 152 Å². The van der Waals surface area contributed by atoms with E-state index in [1.165, 1.54) is 89.0 Å². The molecule has 602 valence electrons. The van der Waals surface area contributed by atoms with Crippen LogP contribution in [0.15, 0.2) is 104 Å². The first kappa shape index (κ1) is 88.6. The van der Waals surface area contributed by atoms with E-state index in [-0.39, 0.29) is 94.5 Å². The maximum atomic E-state index is 14.3. The summed E-state index contributed by atoms with van der Waals surface area (Å²) in [6, 6.07) is 10.7. The van der Waals surface area contributed by atoms with Gasteiger partial charge < -0.3 is 72.3 Å². The zero-order valence-corrected chi connectivity index (χ0v) is 70.3. The number of pyridine rings is 5. The van der Waals surface area contributed by atoms with Gasteiger partial charge >= 0.3 is 23.5 Å². The average Bonchev–Trinajstić information content (AvgIpc) is 1.63. The normalized spacial score (nSPS) is 26.4. The van der Waals surface area contributed by atoms with Gasteiger partial charge in [-0.25, -0.2) is 31.3 Å². The third-order valence-corrected chi connectivity index (χ3v) is 28.8. The molecule has 0 aliphatic carbocycles. The number of halogens is 6. The van der Waals surface area contributed by atoms with Crippen molar-refractivity contribution in [2.75, 3.05) is 13.2 Å². The van der Waals surface area contributed by atoms with E-state index in [1.807, 2.05) is 29.1 Å². The number of hydrogen-bond donors (Lipinski definition) is 7. The predicted octanol–water partition coefficient (Wildman–Crippen LogP) is 18.4. The van der Waals surface area contributed by atoms with Gasteiger partial charge in [0.1, 0.15) is 90.1 Å². The molecule has 5 aliphatic heterocycles. The van der Waals surface area contributed by atoms with E-state index in [0.717, 1.165) is 59.5 Å². The Kier molecular flexibility index (Phi) is 30.7. The minimum Gasteiger partial charge on any atom is -0.394 e. The Morgan fingerprint density at radius 2 is 0.818 bits per heavy atom. The van der Waals surface area contributed by atoms with E-state index in [2.05, 4.69) is 54.7 Å². The molecule has 5 aliphatic rings. The topological polar surface area (TPSA) is 325 Å². The number of fused-ring (bicyclic) bond motifs is 5. The highest BCUT2D eigenvalue weighted by molar-refractivity contribution is 7.72. The summed E-state index contributed by atoms with van der Waals surface area (Å²) >= 11 is 33.1. The summed E-state index contributed by atoms with van der Waals surface area (Å²) in [4.78, 5) is 60.1. The summed E-state index contributed by atoms with van der Waals surface area (Å²) in [5.41, 5.74) is -0.0724. The molecule has 110 heavy (non-hydrogen) atoms. The molecule has 10 aromatic heterocycles. The lowest BCUT2D eigenvalue weighted by molar-refractivity contribution is -0.0449. The Morgan fingerprint density at radius 3 is 1.21 bits per heavy atom. The molecule has 0 radical (unpaired) electrons. The molecule has 5 saturated heterocycles. The number of phosphoric ester groups is 1. The number of aliphatic hydroxyl groups is 3. The van der Waals surface area contributed by atoms with Crippen LogP contribution in [0.25, 0.3) is 50.4 Å². The fraction of sp³-hybridized carbons (Fsp3) is 0.485. The van der Waals surface area contributed by atoms with Gasteiger partial charge in [-0.2, -0.15) is 8.62 Å². The first-order chi connectivity index (χ1) is 51.9. The third kappa shape index (κ3) is 21.1. The predicted molar refractivity (Wildman–Crippen MR) is 425 cm³/mol. The van der Waals surface area contributed by atoms with Crippen molar-refractivity contribution in [2.24, 2.45) is 17.8 Å². The standard InChI is InChI=1S/C14H16FNO2S.C14H16FNOS2.C14H17NO2S.C12H15FNO12P3S2.C12H12FNO3S2.C2H4Cl2/c1-3-11-8(2)6-12(18-11)16-7-10(15)9-4-5-19-13(9)14(16)17;1-3-11-8(2)6-12(17-11)16-7-10(15)9-4-5-19-13(9)14(16)18;1-3-11-9(2)8-12(17-11)15-6-4-10-5-7-18-13(10)14(15)16;13-7-4-14(12(30)11-6(7)1-2-31-11)10-3-8(15)9(24-10)5-23-28(19,20)26-29(21,22)25-27(16,17)18;13-7-4-14(10-3-8(16)9(5-15)17-10)12(18)11-6(7)1-2-19-11;1-2(3)4/h2*4-5,7-8,11-12H,3,6H2,1-2H3;4-7,9,11-12H,3,8H2,1-2H3;1-2,4,8-10,15H,3,5H2,(H,19,20)(H,21,22)(H2,16,17,18);1-2,4,8-10,15-16H,3,5H2;2H,1H3/t2*8-,11-,12-;9-,11-,12-;2*8-,9-,10-;/m11111./s1. The maximum Gasteiger partial charge on any atom is 0.490 e. The molecule has 10 aromatic rings. The Balaban J connectivity index is 0.000000147. The second-order valence-corrected chi connectivity index (χ2v) is 38.0. The summed E-state index contributed by atoms with van der Waals surface area (Å²) in [5, 5.41) is 40.9. The Hall–Kier alpha value is -3.80. The molecule has 0 spiro atoms. The van der Waals surface area contributed by atoms with Gasteiger partial charge in [0, 0.05) is 65.4 Å². The molecule has 5 fully saturated rings. The lowest BCUT2D eigenvalue weighted by Gasteiger charge is -2.20. The van der Waals surface area contributed by atoms with Gasteiger partial charge in [0.2, 0.25) is 0 Å². The Labute approximate surface area is 672 Å². The van der Waals surface area contributed by atoms with Gasteiger partial charge in [0.25, 0.3) is 11.1 Å². The van der Waals surface area contributed by atoms with E-state index < -0.39 is 72.8 Å². The number of nitrogens with zero attached hydrogens (tertiary/aromatic N) is 5. The zero-order chi connectivity index (χ0) is 80.2. The molecule has 2 unspecified atom stereocenters. The summed E-state index contributed by atoms with van der Waals surface area (Å²) in [6.07, 6.45) is 7.42. The SMILES string of the molecule is CC(Cl)Cl.CC[C@H]1O[C@@H](n2cc(F)c3ccsc3c2=O)C[C@H]1C.CC[C@H]1O[C@@H](n2cc(F)c3ccsc3c2=S)C[C@H]1C.CC[C@H]1O[C@@H](n2ccc3ccsc3c2=O)C[C@H]1C.O=P(O)(O)OP(=O)(O)OP(=O)(O)OC[C@H]1O[C@@H](n2cc(F)c3ccsc3c2=S)C[C@H]1O.OC[C@H]1O[C@@H](n2cc(F)c3ccsc3c2=S)C[C@H]1O. The van der Waals surface area contributed by atoms with Crippen LogP contribution in [0.1, 0.15) is 131 Å². The zero-order valence-electron chi connectivity index (χ0n) is 59.6. The summed E-state index contributed by atoms with van der Waals surface area (Å²) < 4.78 is 143. The van der Waals surface area contributed by atoms with E-state index in [9.17, 15) is 56.0 Å². The van der Waals surface area contributed by atoms with Crippen LogP contribution < -0.4 is 11.1 Å². The van der Waals surface area contributed by atoms with Crippen LogP contribution in [0.3, 0.4) is 0 Å². The van der Waals surface area contributed by atoms with Gasteiger partial charge in [0.05, 0.1) is 62.5 Å². The molecule has 15 rings (SSSR count). The largest absolute Gasteiger partial charge is 0.490 e. The van der Waals surface area contributed by atoms with Crippen molar-refractivity contribution in [3.8, 4) is 0 Å². The number of thiophene rings is 5. The molecule has 0 aromatic carbocycles. The third-order valence-electron chi connectivity index (χ3n) is 18.7. The molecule has 25 nitrogen and oxygen atoms in total. The fourth-order valence-corrected chi connectivity index (χ4v) is 21.8. The van der Waals surface area contributed by atoms with Crippen LogP contribution in [0.5, 0.6) is 0 Å². The Morgan fingerprint density at radius 1 is 0.491 bits per heavy atom. The van der Waals surface area contributed by atoms with Gasteiger partial charge in [-0.15, -0.1) is 79.9 Å². The second-order valence-electron chi connectivity index (χ2n) is 26.3. The first-order valence-electron chi connectivity index (χ1n) is 34.5. The number of aromatic nitrogens is 5. The smallest absolute Gasteiger partial charge is 0.394 e. The van der Waals surface area contributed by atoms with Crippen molar-refractivity contribution in [3.63, 3.8) is 0 Å². The fourth-order valence-electron chi connectivity index (χ4n) is 13.3. The van der Waals surface area contributed by atoms with Crippen LogP contribution >= 0.6 is 140 Å². The maximum absolute atomic E-state index is 14.3. The lowest BCUT2D eigenvalue weighted by atomic mass is 10.0. The van der Waals surface area contributed by atoms with Crippen molar-refractivity contribution in [1.29, 1.82) is 0 Å². The van der Waals surface area contributed by atoms with E-state index >= 15 is 0 Å². The molecule has 0 amide bonds. The van der Waals surface area contributed by atoms with Crippen LogP contribution in [0, 0.1) is 54.9 Å². The quantitative estimate of drug-likeness (QED) is 0.0204. The minimum absolute atomic E-state index is 0.0800. The summed E-state index contributed by atoms with van der Waals surface area (Å²) in [5.74, 6) is -0.114. The van der Waals surface area contributed by atoms with E-state index in [4.69, 9.17) is 103 Å². The van der Waals surface area contributed by atoms with Gasteiger partial charge in [-0.05, 0) is 132 Å². The second kappa shape index (κ2) is 38.1. The summed E-state index contributed by atoms with van der Waals surface area (Å²) in [6.45, 7) is 13.4. The highest BCUT2D eigenvalue weighted by Crippen LogP contribution is 2.66. The van der Waals surface area contributed by atoms with Gasteiger partial charge in [-0.3, -0.25) is 23.2 Å². The molecular formula is C68H80Cl2F4N5O20P3S8. The van der Waals surface area contributed by atoms with Crippen molar-refractivity contribution < 1.29 is 103 Å². The highest BCUT2D eigenvalue weighted by atomic mass is 35.5. The van der Waals surface area contributed by atoms with Crippen molar-refractivity contribution in [1.82, 2.24) is 22.8 Å². The van der Waals surface area contributed by atoms with Crippen LogP contribution in [0.4, 0.5) is 17.6 Å². The van der Waals surface area contributed by atoms with Crippen LogP contribution in [-0.4, -0.2) is 119 Å². The molecule has 0 saturated carbocycles. The number of phosphoric acid groups is 3. The van der Waals surface area contributed by atoms with Crippen LogP contribution in [0.2, 0.25) is 0 Å². The number of aliphatic hydroxyl groups excluding tert-OH is 3. The first-order valence-corrected chi connectivity index (χ1v) is 45.5. The van der Waals surface area contributed by atoms with Crippen molar-refractivity contribution >= 4 is 190 Å². The highest BCUT2D eigenvalue weighted by Gasteiger charge is 2.44. The molecule has 15 heterocycles. The van der Waals surface area contributed by atoms with Crippen molar-refractivity contribution in [2.45, 2.75) is 179 Å². The van der Waals surface area contributed by atoms with E-state index in [1.54, 1.807) is 56.5 Å². The molecule has 17 atom stereocenters. The lowest BCUT2D eigenvalue weighted by Crippen LogP contribution is -2.26. The number of hydrogen-bond acceptors (Lipinski definition) is 24. The van der Waals surface area contributed by atoms with Crippen LogP contribution in [-0.2, 0) is 50.5 Å². The Bertz CT molecular complexity index is 5070. The minimum atomic E-state index is -5.66. The number of alkyl halides is 2. The molecule has 0 bridgehead atoms.